The van der Waals surface area contributed by atoms with Crippen LogP contribution in [0.4, 0.5) is 0 Å². The lowest BCUT2D eigenvalue weighted by molar-refractivity contribution is -0.137. The summed E-state index contributed by atoms with van der Waals surface area (Å²) in [7, 11) is 0. The molecule has 2 N–H and O–H groups in total. The van der Waals surface area contributed by atoms with Crippen molar-refractivity contribution in [3.8, 4) is 0 Å². The van der Waals surface area contributed by atoms with Crippen LogP contribution in [0.5, 0.6) is 0 Å². The lowest BCUT2D eigenvalue weighted by Crippen LogP contribution is -2.28. The zero-order chi connectivity index (χ0) is 13.7. The van der Waals surface area contributed by atoms with E-state index < -0.39 is 5.97 Å². The molecule has 0 bridgehead atoms. The first-order valence-corrected chi connectivity index (χ1v) is 6.77. The van der Waals surface area contributed by atoms with E-state index in [1.165, 1.54) is 10.1 Å². The Labute approximate surface area is 114 Å². The minimum atomic E-state index is -0.969. The summed E-state index contributed by atoms with van der Waals surface area (Å²) in [6.07, 6.45) is 2.36. The first-order valence-electron chi connectivity index (χ1n) is 5.83. The molecule has 0 radical (unpaired) electrons. The maximum absolute atomic E-state index is 11.9. The van der Waals surface area contributed by atoms with Crippen LogP contribution in [-0.4, -0.2) is 28.1 Å². The Bertz CT molecular complexity index is 560. The highest BCUT2D eigenvalue weighted by Gasteiger charge is 2.11. The van der Waals surface area contributed by atoms with E-state index in [-0.39, 0.29) is 12.5 Å². The van der Waals surface area contributed by atoms with Crippen LogP contribution in [0, 0.1) is 0 Å². The summed E-state index contributed by atoms with van der Waals surface area (Å²) in [5.74, 6) is -1.22. The van der Waals surface area contributed by atoms with Gasteiger partial charge in [-0.3, -0.25) is 9.59 Å². The number of aromatic nitrogens is 1. The van der Waals surface area contributed by atoms with Gasteiger partial charge < -0.3 is 15.0 Å². The Morgan fingerprint density at radius 1 is 1.37 bits per heavy atom. The van der Waals surface area contributed by atoms with Crippen molar-refractivity contribution >= 4 is 23.2 Å². The van der Waals surface area contributed by atoms with Gasteiger partial charge in [0.1, 0.15) is 12.2 Å². The number of carbonyl (C=O) groups excluding carboxylic acids is 1. The highest BCUT2D eigenvalue weighted by Crippen LogP contribution is 2.06. The molecule has 19 heavy (non-hydrogen) atoms. The van der Waals surface area contributed by atoms with E-state index in [1.807, 2.05) is 16.8 Å². The molecule has 0 spiro atoms. The molecule has 2 aromatic rings. The quantitative estimate of drug-likeness (QED) is 0.843. The molecular weight excluding hydrogens is 264 g/mol. The zero-order valence-corrected chi connectivity index (χ0v) is 11.0. The fourth-order valence-corrected chi connectivity index (χ4v) is 2.45. The number of hydrogen-bond donors (Lipinski definition) is 2. The number of nitrogens with zero attached hydrogens (tertiary/aromatic N) is 1. The summed E-state index contributed by atoms with van der Waals surface area (Å²) >= 11 is 1.62. The number of nitrogens with one attached hydrogen (secondary N) is 1. The topological polar surface area (TPSA) is 71.3 Å². The van der Waals surface area contributed by atoms with Crippen molar-refractivity contribution in [3.05, 3.63) is 46.4 Å². The van der Waals surface area contributed by atoms with Crippen molar-refractivity contribution in [1.29, 1.82) is 0 Å². The number of aliphatic carboxylic acids is 1. The van der Waals surface area contributed by atoms with E-state index in [9.17, 15) is 9.59 Å². The molecule has 2 heterocycles. The highest BCUT2D eigenvalue weighted by atomic mass is 32.1. The van der Waals surface area contributed by atoms with Gasteiger partial charge in [-0.05, 0) is 40.9 Å². The van der Waals surface area contributed by atoms with E-state index in [4.69, 9.17) is 5.11 Å². The second-order valence-corrected chi connectivity index (χ2v) is 4.83. The molecule has 0 aromatic carbocycles. The summed E-state index contributed by atoms with van der Waals surface area (Å²) in [6.45, 7) is 0.327. The predicted molar refractivity (Wildman–Crippen MR) is 72.4 cm³/mol. The van der Waals surface area contributed by atoms with Crippen molar-refractivity contribution in [2.24, 2.45) is 0 Å². The fraction of sp³-hybridized carbons (Fsp3) is 0.231. The Morgan fingerprint density at radius 3 is 2.89 bits per heavy atom. The Hall–Kier alpha value is -2.08. The molecule has 0 fully saturated rings. The Balaban J connectivity index is 1.89. The maximum atomic E-state index is 11.9. The van der Waals surface area contributed by atoms with Gasteiger partial charge in [0.15, 0.2) is 0 Å². The van der Waals surface area contributed by atoms with Gasteiger partial charge >= 0.3 is 5.97 Å². The first kappa shape index (κ1) is 13.4. The smallest absolute Gasteiger partial charge is 0.323 e. The number of hydrogen-bond acceptors (Lipinski definition) is 3. The summed E-state index contributed by atoms with van der Waals surface area (Å²) in [4.78, 5) is 22.6. The van der Waals surface area contributed by atoms with E-state index in [0.717, 1.165) is 6.42 Å². The van der Waals surface area contributed by atoms with E-state index >= 15 is 0 Å². The van der Waals surface area contributed by atoms with Crippen molar-refractivity contribution < 1.29 is 14.7 Å². The first-order chi connectivity index (χ1) is 9.16. The molecule has 2 rings (SSSR count). The highest BCUT2D eigenvalue weighted by molar-refractivity contribution is 7.07. The predicted octanol–water partition coefficient (Wildman–Crippen LogP) is 1.61. The van der Waals surface area contributed by atoms with Gasteiger partial charge in [-0.15, -0.1) is 0 Å². The summed E-state index contributed by atoms with van der Waals surface area (Å²) in [5, 5.41) is 15.6. The van der Waals surface area contributed by atoms with Gasteiger partial charge in [0.2, 0.25) is 0 Å². The number of thiophene rings is 1. The van der Waals surface area contributed by atoms with Gasteiger partial charge in [-0.25, -0.2) is 0 Å². The third kappa shape index (κ3) is 3.69. The standard InChI is InChI=1S/C13H14N2O3S/c16-12(17)8-15-6-1-2-11(15)13(18)14-5-3-10-4-7-19-9-10/h1-2,4,6-7,9H,3,5,8H2,(H,14,18)(H,16,17). The number of amides is 1. The molecule has 5 nitrogen and oxygen atoms in total. The number of carboxylic acid groups (broad SMARTS) is 1. The molecule has 0 aliphatic rings. The van der Waals surface area contributed by atoms with Gasteiger partial charge in [0.25, 0.3) is 5.91 Å². The molecule has 0 saturated carbocycles. The molecule has 100 valence electrons. The van der Waals surface area contributed by atoms with Crippen LogP contribution in [0.15, 0.2) is 35.2 Å². The molecular formula is C13H14N2O3S. The van der Waals surface area contributed by atoms with Gasteiger partial charge in [0.05, 0.1) is 0 Å². The Morgan fingerprint density at radius 2 is 2.21 bits per heavy atom. The van der Waals surface area contributed by atoms with Crippen molar-refractivity contribution in [2.45, 2.75) is 13.0 Å². The molecule has 0 atom stereocenters. The third-order valence-corrected chi connectivity index (χ3v) is 3.38. The maximum Gasteiger partial charge on any atom is 0.323 e. The lowest BCUT2D eigenvalue weighted by Gasteiger charge is -2.07. The van der Waals surface area contributed by atoms with Gasteiger partial charge in [0, 0.05) is 12.7 Å². The van der Waals surface area contributed by atoms with Crippen LogP contribution >= 0.6 is 11.3 Å². The number of rotatable bonds is 6. The molecule has 2 aromatic heterocycles. The van der Waals surface area contributed by atoms with E-state index in [0.29, 0.717) is 12.2 Å². The average Bonchev–Trinajstić information content (AvgIpc) is 2.99. The zero-order valence-electron chi connectivity index (χ0n) is 10.2. The second kappa shape index (κ2) is 6.19. The monoisotopic (exact) mass is 278 g/mol. The Kier molecular flexibility index (Phi) is 4.35. The van der Waals surface area contributed by atoms with Crippen molar-refractivity contribution in [3.63, 3.8) is 0 Å². The van der Waals surface area contributed by atoms with Gasteiger partial charge in [-0.2, -0.15) is 11.3 Å². The molecule has 6 heteroatoms. The number of carbonyl (C=O) groups is 2. The average molecular weight is 278 g/mol. The minimum Gasteiger partial charge on any atom is -0.480 e. The molecule has 1 amide bonds. The summed E-state index contributed by atoms with van der Waals surface area (Å²) in [6, 6.07) is 5.30. The largest absolute Gasteiger partial charge is 0.480 e. The summed E-state index contributed by atoms with van der Waals surface area (Å²) in [5.41, 5.74) is 1.55. The molecule has 0 unspecified atom stereocenters. The number of carboxylic acids is 1. The van der Waals surface area contributed by atoms with Crippen LogP contribution < -0.4 is 5.32 Å². The SMILES string of the molecule is O=C(O)Cn1cccc1C(=O)NCCc1ccsc1. The van der Waals surface area contributed by atoms with Crippen LogP contribution in [0.25, 0.3) is 0 Å². The van der Waals surface area contributed by atoms with E-state index in [2.05, 4.69) is 5.32 Å². The minimum absolute atomic E-state index is 0.208. The van der Waals surface area contributed by atoms with Crippen LogP contribution in [0.2, 0.25) is 0 Å². The van der Waals surface area contributed by atoms with Crippen LogP contribution in [0.1, 0.15) is 16.1 Å². The molecule has 0 saturated heterocycles. The van der Waals surface area contributed by atoms with Crippen LogP contribution in [0.3, 0.4) is 0 Å². The van der Waals surface area contributed by atoms with Crippen LogP contribution in [-0.2, 0) is 17.8 Å². The second-order valence-electron chi connectivity index (χ2n) is 4.05. The van der Waals surface area contributed by atoms with E-state index in [1.54, 1.807) is 29.7 Å². The van der Waals surface area contributed by atoms with Gasteiger partial charge in [-0.1, -0.05) is 0 Å². The summed E-state index contributed by atoms with van der Waals surface area (Å²) < 4.78 is 1.42. The van der Waals surface area contributed by atoms with Crippen molar-refractivity contribution in [1.82, 2.24) is 9.88 Å². The third-order valence-electron chi connectivity index (χ3n) is 2.65. The van der Waals surface area contributed by atoms with Crippen molar-refractivity contribution in [2.75, 3.05) is 6.54 Å². The lowest BCUT2D eigenvalue weighted by atomic mass is 10.2. The molecule has 0 aliphatic heterocycles. The fourth-order valence-electron chi connectivity index (χ4n) is 1.75. The molecule has 0 aliphatic carbocycles. The normalized spacial score (nSPS) is 10.3.